The fraction of sp³-hybridized carbons (Fsp3) is 0.160. The summed E-state index contributed by atoms with van der Waals surface area (Å²) in [5.74, 6) is 0.0316. The molecule has 162 valence electrons. The number of para-hydroxylation sites is 3. The Morgan fingerprint density at radius 1 is 1.03 bits per heavy atom. The molecule has 0 spiro atoms. The molecular formula is C25H22FN3O3. The number of carbonyl (C=O) groups is 1. The van der Waals surface area contributed by atoms with Gasteiger partial charge in [-0.15, -0.1) is 0 Å². The second-order valence-corrected chi connectivity index (χ2v) is 7.16. The van der Waals surface area contributed by atoms with E-state index in [4.69, 9.17) is 4.74 Å². The zero-order valence-electron chi connectivity index (χ0n) is 17.5. The number of aromatic nitrogens is 2. The summed E-state index contributed by atoms with van der Waals surface area (Å²) in [7, 11) is 0. The third-order valence-electron chi connectivity index (χ3n) is 5.03. The number of anilines is 1. The minimum Gasteiger partial charge on any atom is -0.492 e. The highest BCUT2D eigenvalue weighted by molar-refractivity contribution is 5.95. The number of carbonyl (C=O) groups excluding carboxylic acids is 1. The highest BCUT2D eigenvalue weighted by atomic mass is 19.1. The van der Waals surface area contributed by atoms with E-state index in [0.717, 1.165) is 0 Å². The quantitative estimate of drug-likeness (QED) is 0.463. The van der Waals surface area contributed by atoms with Crippen molar-refractivity contribution in [2.24, 2.45) is 0 Å². The van der Waals surface area contributed by atoms with Crippen molar-refractivity contribution in [2.45, 2.75) is 19.9 Å². The predicted octanol–water partition coefficient (Wildman–Crippen LogP) is 4.63. The molecule has 6 nitrogen and oxygen atoms in total. The van der Waals surface area contributed by atoms with Gasteiger partial charge in [-0.3, -0.25) is 9.59 Å². The molecule has 7 heteroatoms. The molecule has 3 aromatic carbocycles. The van der Waals surface area contributed by atoms with E-state index in [1.807, 2.05) is 24.3 Å². The van der Waals surface area contributed by atoms with Crippen molar-refractivity contribution < 1.29 is 13.9 Å². The molecular weight excluding hydrogens is 409 g/mol. The van der Waals surface area contributed by atoms with Crippen LogP contribution >= 0.6 is 0 Å². The van der Waals surface area contributed by atoms with Crippen LogP contribution in [0.3, 0.4) is 0 Å². The van der Waals surface area contributed by atoms with E-state index in [9.17, 15) is 14.0 Å². The van der Waals surface area contributed by atoms with Gasteiger partial charge in [-0.25, -0.2) is 9.37 Å². The number of nitrogens with zero attached hydrogens (tertiary/aromatic N) is 2. The first-order chi connectivity index (χ1) is 15.6. The van der Waals surface area contributed by atoms with Gasteiger partial charge in [0.15, 0.2) is 0 Å². The Morgan fingerprint density at radius 2 is 1.75 bits per heavy atom. The van der Waals surface area contributed by atoms with Crippen LogP contribution in [0.25, 0.3) is 22.3 Å². The van der Waals surface area contributed by atoms with Gasteiger partial charge in [-0.05, 0) is 42.5 Å². The molecule has 0 fully saturated rings. The summed E-state index contributed by atoms with van der Waals surface area (Å²) in [5.41, 5.74) is 2.38. The first kappa shape index (κ1) is 21.2. The van der Waals surface area contributed by atoms with Gasteiger partial charge in [0.25, 0.3) is 5.56 Å². The van der Waals surface area contributed by atoms with Crippen molar-refractivity contribution >= 4 is 22.6 Å². The molecule has 0 saturated carbocycles. The largest absolute Gasteiger partial charge is 0.492 e. The Labute approximate surface area is 184 Å². The van der Waals surface area contributed by atoms with Gasteiger partial charge in [0, 0.05) is 12.0 Å². The SMILES string of the molecule is CCC(=O)Nc1ccccc1-c1nc2ccccc2n(CCOc2ccc(F)cc2)c1=O. The van der Waals surface area contributed by atoms with Gasteiger partial charge in [-0.2, -0.15) is 0 Å². The molecule has 1 N–H and O–H groups in total. The molecule has 0 aliphatic rings. The van der Waals surface area contributed by atoms with Gasteiger partial charge >= 0.3 is 0 Å². The lowest BCUT2D eigenvalue weighted by atomic mass is 10.1. The van der Waals surface area contributed by atoms with E-state index in [0.29, 0.717) is 34.5 Å². The van der Waals surface area contributed by atoms with Crippen LogP contribution in [0.15, 0.2) is 77.6 Å². The Kier molecular flexibility index (Phi) is 6.26. The molecule has 1 heterocycles. The van der Waals surface area contributed by atoms with Crippen LogP contribution in [0.2, 0.25) is 0 Å². The van der Waals surface area contributed by atoms with Crippen molar-refractivity contribution in [3.8, 4) is 17.0 Å². The minimum absolute atomic E-state index is 0.147. The van der Waals surface area contributed by atoms with Crippen LogP contribution in [0, 0.1) is 5.82 Å². The molecule has 32 heavy (non-hydrogen) atoms. The van der Waals surface area contributed by atoms with E-state index in [-0.39, 0.29) is 36.1 Å². The molecule has 0 saturated heterocycles. The lowest BCUT2D eigenvalue weighted by Crippen LogP contribution is -2.26. The fourth-order valence-corrected chi connectivity index (χ4v) is 3.41. The first-order valence-corrected chi connectivity index (χ1v) is 10.3. The van der Waals surface area contributed by atoms with Crippen LogP contribution in [-0.2, 0) is 11.3 Å². The molecule has 1 amide bonds. The van der Waals surface area contributed by atoms with Crippen LogP contribution < -0.4 is 15.6 Å². The summed E-state index contributed by atoms with van der Waals surface area (Å²) in [6.45, 7) is 2.25. The zero-order valence-corrected chi connectivity index (χ0v) is 17.5. The average molecular weight is 431 g/mol. The second-order valence-electron chi connectivity index (χ2n) is 7.16. The lowest BCUT2D eigenvalue weighted by molar-refractivity contribution is -0.115. The van der Waals surface area contributed by atoms with Crippen LogP contribution in [0.5, 0.6) is 5.75 Å². The number of hydrogen-bond donors (Lipinski definition) is 1. The molecule has 0 aliphatic carbocycles. The summed E-state index contributed by atoms with van der Waals surface area (Å²) in [5, 5.41) is 2.84. The summed E-state index contributed by atoms with van der Waals surface area (Å²) >= 11 is 0. The second kappa shape index (κ2) is 9.43. The van der Waals surface area contributed by atoms with Gasteiger partial charge < -0.3 is 14.6 Å². The number of ether oxygens (including phenoxy) is 1. The van der Waals surface area contributed by atoms with Crippen LogP contribution in [-0.4, -0.2) is 22.1 Å². The predicted molar refractivity (Wildman–Crippen MR) is 122 cm³/mol. The number of amides is 1. The van der Waals surface area contributed by atoms with E-state index < -0.39 is 0 Å². The van der Waals surface area contributed by atoms with Gasteiger partial charge in [0.2, 0.25) is 5.91 Å². The smallest absolute Gasteiger partial charge is 0.277 e. The third kappa shape index (κ3) is 4.51. The Balaban J connectivity index is 1.73. The molecule has 0 bridgehead atoms. The van der Waals surface area contributed by atoms with Crippen molar-refractivity contribution in [3.63, 3.8) is 0 Å². The number of nitrogens with one attached hydrogen (secondary N) is 1. The molecule has 0 aliphatic heterocycles. The van der Waals surface area contributed by atoms with E-state index in [1.54, 1.807) is 47.9 Å². The Morgan fingerprint density at radius 3 is 2.53 bits per heavy atom. The summed E-state index contributed by atoms with van der Waals surface area (Å²) in [6.07, 6.45) is 0.324. The molecule has 0 atom stereocenters. The maximum absolute atomic E-state index is 13.5. The number of rotatable bonds is 7. The van der Waals surface area contributed by atoms with Gasteiger partial charge in [0.1, 0.15) is 23.9 Å². The molecule has 0 radical (unpaired) electrons. The number of halogens is 1. The van der Waals surface area contributed by atoms with Crippen molar-refractivity contribution in [2.75, 3.05) is 11.9 Å². The number of hydrogen-bond acceptors (Lipinski definition) is 4. The van der Waals surface area contributed by atoms with Crippen LogP contribution in [0.1, 0.15) is 13.3 Å². The highest BCUT2D eigenvalue weighted by Gasteiger charge is 2.16. The Hall–Kier alpha value is -4.00. The number of fused-ring (bicyclic) bond motifs is 1. The van der Waals surface area contributed by atoms with Crippen LogP contribution in [0.4, 0.5) is 10.1 Å². The first-order valence-electron chi connectivity index (χ1n) is 10.3. The average Bonchev–Trinajstić information content (AvgIpc) is 2.82. The van der Waals surface area contributed by atoms with E-state index in [1.165, 1.54) is 12.1 Å². The lowest BCUT2D eigenvalue weighted by Gasteiger charge is -2.15. The van der Waals surface area contributed by atoms with Crippen molar-refractivity contribution in [3.05, 3.63) is 89.0 Å². The van der Waals surface area contributed by atoms with Crippen molar-refractivity contribution in [1.82, 2.24) is 9.55 Å². The monoisotopic (exact) mass is 431 g/mol. The van der Waals surface area contributed by atoms with E-state index >= 15 is 0 Å². The van der Waals surface area contributed by atoms with Crippen molar-refractivity contribution in [1.29, 1.82) is 0 Å². The minimum atomic E-state index is -0.341. The summed E-state index contributed by atoms with van der Waals surface area (Å²) in [6, 6.07) is 20.2. The maximum atomic E-state index is 13.5. The van der Waals surface area contributed by atoms with Gasteiger partial charge in [-0.1, -0.05) is 37.3 Å². The molecule has 4 rings (SSSR count). The summed E-state index contributed by atoms with van der Waals surface area (Å²) in [4.78, 5) is 30.0. The van der Waals surface area contributed by atoms with Gasteiger partial charge in [0.05, 0.1) is 23.3 Å². The maximum Gasteiger partial charge on any atom is 0.277 e. The standard InChI is InChI=1S/C25H22FN3O3/c1-2-23(30)27-20-8-4-3-7-19(20)24-25(31)29(22-10-6-5-9-21(22)28-24)15-16-32-18-13-11-17(26)12-14-18/h3-14H,2,15-16H2,1H3,(H,27,30). The number of benzene rings is 3. The Bertz CT molecular complexity index is 1320. The summed E-state index contributed by atoms with van der Waals surface area (Å²) < 4.78 is 20.4. The molecule has 0 unspecified atom stereocenters. The third-order valence-corrected chi connectivity index (χ3v) is 5.03. The molecule has 4 aromatic rings. The normalized spacial score (nSPS) is 10.8. The highest BCUT2D eigenvalue weighted by Crippen LogP contribution is 2.26. The molecule has 1 aromatic heterocycles. The zero-order chi connectivity index (χ0) is 22.5. The topological polar surface area (TPSA) is 73.2 Å². The fourth-order valence-electron chi connectivity index (χ4n) is 3.41. The van der Waals surface area contributed by atoms with E-state index in [2.05, 4.69) is 10.3 Å².